The molecule has 218 valence electrons. The molecule has 0 bridgehead atoms. The Hall–Kier alpha value is -3.29. The van der Waals surface area contributed by atoms with Crippen molar-refractivity contribution in [3.63, 3.8) is 0 Å². The van der Waals surface area contributed by atoms with Gasteiger partial charge in [-0.2, -0.15) is 18.3 Å². The van der Waals surface area contributed by atoms with Gasteiger partial charge in [0.1, 0.15) is 18.0 Å². The van der Waals surface area contributed by atoms with E-state index in [1.165, 1.54) is 18.3 Å². The molecule has 4 heterocycles. The summed E-state index contributed by atoms with van der Waals surface area (Å²) in [5.74, 6) is 0.186. The van der Waals surface area contributed by atoms with Crippen LogP contribution in [0.4, 0.5) is 13.2 Å². The number of carbonyl (C=O) groups is 2. The lowest BCUT2D eigenvalue weighted by Gasteiger charge is -2.31. The first kappa shape index (κ1) is 27.9. The molecule has 3 aromatic rings. The van der Waals surface area contributed by atoms with Crippen LogP contribution in [0.25, 0.3) is 0 Å². The molecule has 1 aromatic carbocycles. The van der Waals surface area contributed by atoms with Gasteiger partial charge in [0.15, 0.2) is 5.69 Å². The Kier molecular flexibility index (Phi) is 7.60. The molecule has 1 unspecified atom stereocenters. The number of esters is 1. The highest BCUT2D eigenvalue weighted by molar-refractivity contribution is 7.09. The zero-order valence-corrected chi connectivity index (χ0v) is 23.2. The molecule has 0 radical (unpaired) electrons. The monoisotopic (exact) mass is 590 g/mol. The van der Waals surface area contributed by atoms with Crippen LogP contribution in [0.5, 0.6) is 5.75 Å². The Balaban J connectivity index is 1.04. The summed E-state index contributed by atoms with van der Waals surface area (Å²) >= 11 is 1.52. The molecule has 0 spiro atoms. The van der Waals surface area contributed by atoms with Crippen molar-refractivity contribution in [3.8, 4) is 5.75 Å². The molecule has 9 nitrogen and oxygen atoms in total. The second-order valence-electron chi connectivity index (χ2n) is 10.6. The first-order chi connectivity index (χ1) is 19.7. The molecule has 6 rings (SSSR count). The maximum Gasteiger partial charge on any atom is 0.435 e. The second-order valence-corrected chi connectivity index (χ2v) is 11.5. The summed E-state index contributed by atoms with van der Waals surface area (Å²) in [6.45, 7) is 2.77. The molecule has 41 heavy (non-hydrogen) atoms. The lowest BCUT2D eigenvalue weighted by molar-refractivity contribution is -0.155. The lowest BCUT2D eigenvalue weighted by Crippen LogP contribution is -2.40. The lowest BCUT2D eigenvalue weighted by atomic mass is 9.97. The number of amides is 1. The molecular weight excluding hydrogens is 561 g/mol. The molecule has 2 fully saturated rings. The third kappa shape index (κ3) is 6.16. The van der Waals surface area contributed by atoms with Gasteiger partial charge in [-0.25, -0.2) is 4.98 Å². The number of halogens is 3. The van der Waals surface area contributed by atoms with Gasteiger partial charge in [-0.1, -0.05) is 12.1 Å². The number of rotatable bonds is 6. The van der Waals surface area contributed by atoms with Crippen molar-refractivity contribution < 1.29 is 37.0 Å². The van der Waals surface area contributed by atoms with Crippen LogP contribution in [0.1, 0.15) is 71.1 Å². The van der Waals surface area contributed by atoms with Gasteiger partial charge in [0.2, 0.25) is 12.2 Å². The van der Waals surface area contributed by atoms with E-state index in [9.17, 15) is 22.8 Å². The number of hydrogen-bond donors (Lipinski definition) is 0. The van der Waals surface area contributed by atoms with Gasteiger partial charge in [-0.15, -0.1) is 11.3 Å². The minimum atomic E-state index is -4.55. The van der Waals surface area contributed by atoms with Crippen LogP contribution < -0.4 is 4.74 Å². The Morgan fingerprint density at radius 2 is 1.88 bits per heavy atom. The van der Waals surface area contributed by atoms with Crippen LogP contribution in [-0.2, 0) is 45.0 Å². The quantitative estimate of drug-likeness (QED) is 0.290. The minimum Gasteiger partial charge on any atom is -0.426 e. The van der Waals surface area contributed by atoms with Crippen molar-refractivity contribution >= 4 is 23.2 Å². The predicted octanol–water partition coefficient (Wildman–Crippen LogP) is 5.13. The van der Waals surface area contributed by atoms with Gasteiger partial charge in [-0.3, -0.25) is 14.3 Å². The molecule has 3 aliphatic rings. The van der Waals surface area contributed by atoms with Crippen molar-refractivity contribution in [1.29, 1.82) is 0 Å². The van der Waals surface area contributed by atoms with E-state index in [0.717, 1.165) is 39.7 Å². The number of hydrogen-bond acceptors (Lipinski definition) is 8. The number of aromatic nitrogens is 3. The van der Waals surface area contributed by atoms with Gasteiger partial charge in [0.25, 0.3) is 0 Å². The maximum absolute atomic E-state index is 13.0. The zero-order valence-electron chi connectivity index (χ0n) is 22.4. The number of likely N-dealkylation sites (tertiary alicyclic amines) is 1. The molecule has 1 atom stereocenters. The summed E-state index contributed by atoms with van der Waals surface area (Å²) in [7, 11) is 0. The number of fused-ring (bicyclic) bond motifs is 1. The van der Waals surface area contributed by atoms with E-state index in [4.69, 9.17) is 19.2 Å². The summed E-state index contributed by atoms with van der Waals surface area (Å²) in [5.41, 5.74) is 1.67. The van der Waals surface area contributed by atoms with Crippen molar-refractivity contribution in [2.75, 3.05) is 13.1 Å². The highest BCUT2D eigenvalue weighted by Crippen LogP contribution is 2.37. The second kappa shape index (κ2) is 11.2. The third-order valence-electron chi connectivity index (χ3n) is 7.66. The number of piperidine rings is 1. The molecule has 0 N–H and O–H groups in total. The average Bonchev–Trinajstić information content (AvgIpc) is 3.64. The summed E-state index contributed by atoms with van der Waals surface area (Å²) in [6, 6.07) is 6.49. The van der Waals surface area contributed by atoms with Crippen LogP contribution >= 0.6 is 11.3 Å². The van der Waals surface area contributed by atoms with E-state index < -0.39 is 18.2 Å². The first-order valence-electron chi connectivity index (χ1n) is 13.6. The number of alkyl halides is 3. The van der Waals surface area contributed by atoms with Crippen molar-refractivity contribution in [2.24, 2.45) is 5.92 Å². The van der Waals surface area contributed by atoms with Crippen LogP contribution in [0.3, 0.4) is 0 Å². The Labute approximate surface area is 238 Å². The van der Waals surface area contributed by atoms with E-state index in [1.54, 1.807) is 11.0 Å². The van der Waals surface area contributed by atoms with E-state index in [1.807, 2.05) is 17.5 Å². The third-order valence-corrected chi connectivity index (χ3v) is 8.68. The van der Waals surface area contributed by atoms with Gasteiger partial charge >= 0.3 is 12.1 Å². The zero-order chi connectivity index (χ0) is 28.7. The standard InChI is InChI=1S/C28H29F3N4O5S/c1-16-11-23(28(29,30)31)33-35(16)12-24(36)34-9-7-17(8-10-34)25-32-21(15-41-25)27-38-13-19-3-2-4-22(20(19)14-39-27)40-26(37)18-5-6-18/h2-4,11,15,17-18,27H,5-10,12-14H2,1H3. The van der Waals surface area contributed by atoms with Crippen LogP contribution in [0.2, 0.25) is 0 Å². The molecule has 1 saturated carbocycles. The predicted molar refractivity (Wildman–Crippen MR) is 140 cm³/mol. The van der Waals surface area contributed by atoms with Crippen LogP contribution in [0.15, 0.2) is 29.6 Å². The fraction of sp³-hybridized carbons (Fsp3) is 0.500. The molecule has 13 heteroatoms. The molecule has 1 amide bonds. The molecule has 2 aromatic heterocycles. The van der Waals surface area contributed by atoms with Gasteiger partial charge < -0.3 is 19.1 Å². The number of nitrogens with zero attached hydrogens (tertiary/aromatic N) is 4. The Morgan fingerprint density at radius 1 is 1.12 bits per heavy atom. The number of carbonyl (C=O) groups excluding carboxylic acids is 2. The Morgan fingerprint density at radius 3 is 2.59 bits per heavy atom. The highest BCUT2D eigenvalue weighted by atomic mass is 32.1. The largest absolute Gasteiger partial charge is 0.435 e. The van der Waals surface area contributed by atoms with Gasteiger partial charge in [0, 0.05) is 35.6 Å². The summed E-state index contributed by atoms with van der Waals surface area (Å²) in [5, 5.41) is 6.41. The summed E-state index contributed by atoms with van der Waals surface area (Å²) < 4.78 is 57.7. The smallest absolute Gasteiger partial charge is 0.426 e. The van der Waals surface area contributed by atoms with E-state index in [2.05, 4.69) is 5.10 Å². The van der Waals surface area contributed by atoms with Gasteiger partial charge in [0.05, 0.1) is 24.1 Å². The molecular formula is C28H29F3N4O5S. The minimum absolute atomic E-state index is 0.00738. The summed E-state index contributed by atoms with van der Waals surface area (Å²) in [6.07, 6.45) is -2.09. The van der Waals surface area contributed by atoms with Crippen molar-refractivity contribution in [2.45, 2.75) is 70.7 Å². The highest BCUT2D eigenvalue weighted by Gasteiger charge is 2.35. The molecule has 1 aliphatic carbocycles. The van der Waals surface area contributed by atoms with Crippen molar-refractivity contribution in [1.82, 2.24) is 19.7 Å². The maximum atomic E-state index is 13.0. The van der Waals surface area contributed by atoms with E-state index >= 15 is 0 Å². The van der Waals surface area contributed by atoms with Crippen molar-refractivity contribution in [3.05, 3.63) is 62.9 Å². The van der Waals surface area contributed by atoms with E-state index in [0.29, 0.717) is 44.0 Å². The number of aryl methyl sites for hydroxylation is 1. The van der Waals surface area contributed by atoms with Gasteiger partial charge in [-0.05, 0) is 50.3 Å². The van der Waals surface area contributed by atoms with Crippen LogP contribution in [0, 0.1) is 12.8 Å². The van der Waals surface area contributed by atoms with E-state index in [-0.39, 0.29) is 42.6 Å². The molecule has 2 aliphatic heterocycles. The van der Waals surface area contributed by atoms with Crippen LogP contribution in [-0.4, -0.2) is 44.6 Å². The fourth-order valence-corrected chi connectivity index (χ4v) is 6.06. The SMILES string of the molecule is Cc1cc(C(F)(F)F)nn1CC(=O)N1CCC(c2nc(C3OCc4cccc(OC(=O)C5CC5)c4CO3)cs2)CC1. The number of thiazole rings is 1. The average molecular weight is 591 g/mol. The normalized spacial score (nSPS) is 20.0. The topological polar surface area (TPSA) is 95.8 Å². The number of ether oxygens (including phenoxy) is 3. The number of benzene rings is 1. The summed E-state index contributed by atoms with van der Waals surface area (Å²) in [4.78, 5) is 31.5. The Bertz CT molecular complexity index is 1440. The first-order valence-corrected chi connectivity index (χ1v) is 14.4. The molecule has 1 saturated heterocycles. The fourth-order valence-electron chi connectivity index (χ4n) is 5.07.